The Bertz CT molecular complexity index is 679. The Balaban J connectivity index is 1.93. The monoisotopic (exact) mass is 288 g/mol. The highest BCUT2D eigenvalue weighted by atomic mass is 16.1. The van der Waals surface area contributed by atoms with Gasteiger partial charge in [0.05, 0.1) is 17.3 Å². The molecule has 0 saturated carbocycles. The number of hydrogen-bond acceptors (Lipinski definition) is 5. The molecule has 1 N–H and O–H groups in total. The molecule has 0 bridgehead atoms. The fourth-order valence-electron chi connectivity index (χ4n) is 2.91. The summed E-state index contributed by atoms with van der Waals surface area (Å²) in [5.41, 5.74) is 3.87. The SMILES string of the molecule is CCNC(=O)C1CCN(c2c(C)c(C)nn3cnnc23)C1. The van der Waals surface area contributed by atoms with Crippen LogP contribution in [-0.4, -0.2) is 45.4 Å². The molecule has 1 aliphatic heterocycles. The number of rotatable bonds is 3. The van der Waals surface area contributed by atoms with E-state index in [0.29, 0.717) is 6.54 Å². The van der Waals surface area contributed by atoms with Crippen LogP contribution in [-0.2, 0) is 4.79 Å². The predicted octanol–water partition coefficient (Wildman–Crippen LogP) is 0.704. The molecule has 1 fully saturated rings. The van der Waals surface area contributed by atoms with E-state index in [1.807, 2.05) is 20.8 Å². The van der Waals surface area contributed by atoms with Gasteiger partial charge in [-0.3, -0.25) is 4.79 Å². The molecule has 0 radical (unpaired) electrons. The van der Waals surface area contributed by atoms with E-state index in [4.69, 9.17) is 0 Å². The van der Waals surface area contributed by atoms with Gasteiger partial charge < -0.3 is 10.2 Å². The molecule has 21 heavy (non-hydrogen) atoms. The molecule has 1 unspecified atom stereocenters. The Kier molecular flexibility index (Phi) is 3.48. The van der Waals surface area contributed by atoms with Crippen molar-refractivity contribution in [3.63, 3.8) is 0 Å². The molecule has 1 saturated heterocycles. The molecular weight excluding hydrogens is 268 g/mol. The summed E-state index contributed by atoms with van der Waals surface area (Å²) in [6.45, 7) is 8.23. The zero-order valence-electron chi connectivity index (χ0n) is 12.6. The minimum atomic E-state index is 0.0424. The number of carbonyl (C=O) groups excluding carboxylic acids is 1. The number of amides is 1. The molecule has 7 heteroatoms. The molecular formula is C14H20N6O. The first-order valence-electron chi connectivity index (χ1n) is 7.31. The molecule has 3 rings (SSSR count). The van der Waals surface area contributed by atoms with E-state index in [9.17, 15) is 4.79 Å². The Morgan fingerprint density at radius 1 is 1.48 bits per heavy atom. The van der Waals surface area contributed by atoms with Crippen LogP contribution >= 0.6 is 0 Å². The van der Waals surface area contributed by atoms with Gasteiger partial charge in [-0.15, -0.1) is 10.2 Å². The lowest BCUT2D eigenvalue weighted by atomic mass is 10.1. The molecule has 1 aliphatic rings. The molecule has 2 aromatic heterocycles. The van der Waals surface area contributed by atoms with E-state index in [2.05, 4.69) is 25.5 Å². The number of anilines is 1. The van der Waals surface area contributed by atoms with Crippen molar-refractivity contribution < 1.29 is 4.79 Å². The summed E-state index contributed by atoms with van der Waals surface area (Å²) in [6, 6.07) is 0. The molecule has 0 aromatic carbocycles. The van der Waals surface area contributed by atoms with Crippen molar-refractivity contribution in [1.29, 1.82) is 0 Å². The summed E-state index contributed by atoms with van der Waals surface area (Å²) in [5, 5.41) is 15.5. The smallest absolute Gasteiger partial charge is 0.224 e. The summed E-state index contributed by atoms with van der Waals surface area (Å²) in [7, 11) is 0. The maximum atomic E-state index is 12.0. The van der Waals surface area contributed by atoms with E-state index in [1.165, 1.54) is 0 Å². The van der Waals surface area contributed by atoms with Gasteiger partial charge in [0.25, 0.3) is 0 Å². The van der Waals surface area contributed by atoms with Crippen molar-refractivity contribution >= 4 is 17.2 Å². The Morgan fingerprint density at radius 2 is 2.29 bits per heavy atom. The number of hydrogen-bond donors (Lipinski definition) is 1. The fraction of sp³-hybridized carbons (Fsp3) is 0.571. The average Bonchev–Trinajstić information content (AvgIpc) is 3.09. The lowest BCUT2D eigenvalue weighted by Gasteiger charge is -2.21. The maximum Gasteiger partial charge on any atom is 0.224 e. The number of nitrogens with one attached hydrogen (secondary N) is 1. The van der Waals surface area contributed by atoms with Gasteiger partial charge in [0.1, 0.15) is 6.33 Å². The number of fused-ring (bicyclic) bond motifs is 1. The van der Waals surface area contributed by atoms with Crippen LogP contribution in [0.15, 0.2) is 6.33 Å². The molecule has 7 nitrogen and oxygen atoms in total. The lowest BCUT2D eigenvalue weighted by molar-refractivity contribution is -0.124. The summed E-state index contributed by atoms with van der Waals surface area (Å²) in [4.78, 5) is 14.2. The summed E-state index contributed by atoms with van der Waals surface area (Å²) in [5.74, 6) is 0.182. The lowest BCUT2D eigenvalue weighted by Crippen LogP contribution is -2.32. The number of nitrogens with zero attached hydrogens (tertiary/aromatic N) is 5. The van der Waals surface area contributed by atoms with Gasteiger partial charge in [-0.25, -0.2) is 0 Å². The molecule has 1 atom stereocenters. The minimum absolute atomic E-state index is 0.0424. The first kappa shape index (κ1) is 13.8. The quantitative estimate of drug-likeness (QED) is 0.900. The van der Waals surface area contributed by atoms with Crippen LogP contribution in [0.1, 0.15) is 24.6 Å². The van der Waals surface area contributed by atoms with Crippen molar-refractivity contribution in [2.75, 3.05) is 24.5 Å². The van der Waals surface area contributed by atoms with E-state index in [1.54, 1.807) is 10.8 Å². The van der Waals surface area contributed by atoms with E-state index in [0.717, 1.165) is 42.1 Å². The average molecular weight is 288 g/mol. The van der Waals surface area contributed by atoms with Crippen molar-refractivity contribution in [2.24, 2.45) is 5.92 Å². The van der Waals surface area contributed by atoms with Crippen LogP contribution in [0.2, 0.25) is 0 Å². The van der Waals surface area contributed by atoms with Gasteiger partial charge in [0.2, 0.25) is 11.6 Å². The van der Waals surface area contributed by atoms with E-state index >= 15 is 0 Å². The second-order valence-corrected chi connectivity index (χ2v) is 5.48. The molecule has 0 spiro atoms. The van der Waals surface area contributed by atoms with Crippen molar-refractivity contribution in [3.05, 3.63) is 17.6 Å². The van der Waals surface area contributed by atoms with Gasteiger partial charge in [0, 0.05) is 19.6 Å². The first-order chi connectivity index (χ1) is 10.1. The molecule has 2 aromatic rings. The summed E-state index contributed by atoms with van der Waals surface area (Å²) in [6.07, 6.45) is 2.48. The first-order valence-corrected chi connectivity index (χ1v) is 7.31. The van der Waals surface area contributed by atoms with Gasteiger partial charge in [-0.1, -0.05) is 0 Å². The molecule has 112 valence electrons. The highest BCUT2D eigenvalue weighted by molar-refractivity contribution is 5.81. The van der Waals surface area contributed by atoms with E-state index < -0.39 is 0 Å². The minimum Gasteiger partial charge on any atom is -0.367 e. The number of aryl methyl sites for hydroxylation is 1. The third kappa shape index (κ3) is 2.32. The fourth-order valence-corrected chi connectivity index (χ4v) is 2.91. The standard InChI is InChI=1S/C14H20N6O/c1-4-15-14(21)11-5-6-19(7-11)12-9(2)10(3)18-20-8-16-17-13(12)20/h8,11H,4-7H2,1-3H3,(H,15,21). The van der Waals surface area contributed by atoms with Crippen LogP contribution < -0.4 is 10.2 Å². The summed E-state index contributed by atoms with van der Waals surface area (Å²) < 4.78 is 1.71. The Labute approximate surface area is 123 Å². The van der Waals surface area contributed by atoms with Crippen LogP contribution in [0, 0.1) is 19.8 Å². The van der Waals surface area contributed by atoms with Crippen molar-refractivity contribution in [2.45, 2.75) is 27.2 Å². The summed E-state index contributed by atoms with van der Waals surface area (Å²) >= 11 is 0. The topological polar surface area (TPSA) is 75.4 Å². The van der Waals surface area contributed by atoms with Crippen LogP contribution in [0.4, 0.5) is 5.69 Å². The Hall–Kier alpha value is -2.18. The predicted molar refractivity (Wildman–Crippen MR) is 79.3 cm³/mol. The van der Waals surface area contributed by atoms with Gasteiger partial charge in [-0.05, 0) is 32.8 Å². The highest BCUT2D eigenvalue weighted by Crippen LogP contribution is 2.30. The normalized spacial score (nSPS) is 18.4. The van der Waals surface area contributed by atoms with Crippen molar-refractivity contribution in [3.8, 4) is 0 Å². The number of aromatic nitrogens is 4. The van der Waals surface area contributed by atoms with Gasteiger partial charge >= 0.3 is 0 Å². The largest absolute Gasteiger partial charge is 0.367 e. The third-order valence-corrected chi connectivity index (χ3v) is 4.12. The Morgan fingerprint density at radius 3 is 3.05 bits per heavy atom. The van der Waals surface area contributed by atoms with Crippen LogP contribution in [0.5, 0.6) is 0 Å². The molecule has 3 heterocycles. The zero-order chi connectivity index (χ0) is 15.0. The highest BCUT2D eigenvalue weighted by Gasteiger charge is 2.30. The van der Waals surface area contributed by atoms with Gasteiger partial charge in [0.15, 0.2) is 0 Å². The van der Waals surface area contributed by atoms with E-state index in [-0.39, 0.29) is 11.8 Å². The maximum absolute atomic E-state index is 12.0. The van der Waals surface area contributed by atoms with Crippen LogP contribution in [0.3, 0.4) is 0 Å². The zero-order valence-corrected chi connectivity index (χ0v) is 12.6. The second-order valence-electron chi connectivity index (χ2n) is 5.48. The number of carbonyl (C=O) groups is 1. The molecule has 1 amide bonds. The second kappa shape index (κ2) is 5.31. The molecule has 0 aliphatic carbocycles. The third-order valence-electron chi connectivity index (χ3n) is 4.12. The van der Waals surface area contributed by atoms with Gasteiger partial charge in [-0.2, -0.15) is 9.61 Å². The van der Waals surface area contributed by atoms with Crippen LogP contribution in [0.25, 0.3) is 5.65 Å². The van der Waals surface area contributed by atoms with Crippen molar-refractivity contribution in [1.82, 2.24) is 25.1 Å².